The number of Topliss-reactive ketones (excluding diaryl/α,β-unsaturated/α-hetero) is 1. The predicted octanol–water partition coefficient (Wildman–Crippen LogP) is 1.92. The Labute approximate surface area is 164 Å². The number of hydrogen-bond donors (Lipinski definition) is 2. The Hall–Kier alpha value is -1.02. The molecule has 0 spiro atoms. The highest BCUT2D eigenvalue weighted by Crippen LogP contribution is 2.14. The number of carbonyl (C=O) groups excluding carboxylic acids is 2. The Morgan fingerprint density at radius 3 is 2.15 bits per heavy atom. The molecule has 0 heterocycles. The zero-order valence-electron chi connectivity index (χ0n) is 18.2. The third kappa shape index (κ3) is 12.9. The van der Waals surface area contributed by atoms with Gasteiger partial charge in [0.15, 0.2) is 5.78 Å². The molecule has 7 nitrogen and oxygen atoms in total. The molecule has 3 unspecified atom stereocenters. The molecule has 0 saturated heterocycles. The van der Waals surface area contributed by atoms with E-state index in [-0.39, 0.29) is 35.7 Å². The number of hydrogen-bond acceptors (Lipinski definition) is 6. The van der Waals surface area contributed by atoms with Crippen LogP contribution in [0.4, 0.5) is 0 Å². The summed E-state index contributed by atoms with van der Waals surface area (Å²) >= 11 is 0. The van der Waals surface area contributed by atoms with E-state index in [2.05, 4.69) is 5.32 Å². The van der Waals surface area contributed by atoms with Gasteiger partial charge in [0.05, 0.1) is 38.1 Å². The molecule has 0 saturated carbocycles. The molecule has 0 aromatic rings. The minimum Gasteiger partial charge on any atom is -0.378 e. The van der Waals surface area contributed by atoms with Crippen LogP contribution in [0.15, 0.2) is 0 Å². The Morgan fingerprint density at radius 2 is 1.59 bits per heavy atom. The van der Waals surface area contributed by atoms with Gasteiger partial charge in [-0.25, -0.2) is 0 Å². The minimum atomic E-state index is -0.868. The molecule has 0 aliphatic heterocycles. The molecular formula is C20H40N2O5. The third-order valence-corrected chi connectivity index (χ3v) is 3.96. The lowest BCUT2D eigenvalue weighted by atomic mass is 9.91. The maximum atomic E-state index is 12.5. The van der Waals surface area contributed by atoms with Gasteiger partial charge in [-0.05, 0) is 33.6 Å². The second kappa shape index (κ2) is 13.2. The van der Waals surface area contributed by atoms with Crippen LogP contribution in [0.25, 0.3) is 0 Å². The quantitative estimate of drug-likeness (QED) is 0.416. The smallest absolute Gasteiger partial charge is 0.223 e. The fourth-order valence-corrected chi connectivity index (χ4v) is 2.21. The summed E-state index contributed by atoms with van der Waals surface area (Å²) in [6, 6.07) is 0.0265. The van der Waals surface area contributed by atoms with E-state index in [1.54, 1.807) is 27.7 Å². The fraction of sp³-hybridized carbons (Fsp3) is 0.900. The number of rotatable bonds is 15. The van der Waals surface area contributed by atoms with Crippen LogP contribution in [0.2, 0.25) is 0 Å². The molecule has 1 amide bonds. The van der Waals surface area contributed by atoms with Crippen molar-refractivity contribution in [3.63, 3.8) is 0 Å². The van der Waals surface area contributed by atoms with E-state index in [0.717, 1.165) is 0 Å². The van der Waals surface area contributed by atoms with Crippen LogP contribution in [-0.2, 0) is 23.8 Å². The molecule has 0 bridgehead atoms. The zero-order valence-corrected chi connectivity index (χ0v) is 18.2. The summed E-state index contributed by atoms with van der Waals surface area (Å²) in [5, 5.41) is 2.81. The molecule has 0 aliphatic carbocycles. The van der Waals surface area contributed by atoms with Gasteiger partial charge in [0.1, 0.15) is 0 Å². The van der Waals surface area contributed by atoms with E-state index < -0.39 is 5.54 Å². The first-order chi connectivity index (χ1) is 12.5. The van der Waals surface area contributed by atoms with Gasteiger partial charge in [0.2, 0.25) is 5.91 Å². The summed E-state index contributed by atoms with van der Waals surface area (Å²) in [5.41, 5.74) is 4.73. The van der Waals surface area contributed by atoms with Crippen LogP contribution >= 0.6 is 0 Å². The molecule has 27 heavy (non-hydrogen) atoms. The number of ketones is 1. The van der Waals surface area contributed by atoms with Gasteiger partial charge in [0.25, 0.3) is 0 Å². The summed E-state index contributed by atoms with van der Waals surface area (Å²) < 4.78 is 16.6. The van der Waals surface area contributed by atoms with Crippen molar-refractivity contribution in [2.75, 3.05) is 33.0 Å². The standard InChI is InChI=1S/C20H40N2O5/c1-14(2)19(24)22-20(6,7)18(23)10-15(3)11-26-13-17(5)27-9-8-25-12-16(4)21/h14-17H,8-13,21H2,1-7H3,(H,22,24). The normalized spacial score (nSPS) is 15.4. The highest BCUT2D eigenvalue weighted by Gasteiger charge is 2.30. The Kier molecular flexibility index (Phi) is 12.7. The summed E-state index contributed by atoms with van der Waals surface area (Å²) in [5.74, 6) is -0.200. The van der Waals surface area contributed by atoms with Crippen molar-refractivity contribution in [2.24, 2.45) is 17.6 Å². The Balaban J connectivity index is 3.99. The summed E-state index contributed by atoms with van der Waals surface area (Å²) in [6.45, 7) is 15.3. The van der Waals surface area contributed by atoms with Gasteiger partial charge >= 0.3 is 0 Å². The van der Waals surface area contributed by atoms with Crippen molar-refractivity contribution in [3.05, 3.63) is 0 Å². The van der Waals surface area contributed by atoms with Crippen molar-refractivity contribution in [2.45, 2.75) is 72.6 Å². The Bertz CT molecular complexity index is 438. The molecular weight excluding hydrogens is 348 g/mol. The van der Waals surface area contributed by atoms with Gasteiger partial charge in [-0.2, -0.15) is 0 Å². The molecule has 0 rings (SSSR count). The summed E-state index contributed by atoms with van der Waals surface area (Å²) in [7, 11) is 0. The topological polar surface area (TPSA) is 99.9 Å². The lowest BCUT2D eigenvalue weighted by Gasteiger charge is -2.27. The maximum Gasteiger partial charge on any atom is 0.223 e. The van der Waals surface area contributed by atoms with Crippen LogP contribution in [0.5, 0.6) is 0 Å². The lowest BCUT2D eigenvalue weighted by Crippen LogP contribution is -2.51. The highest BCUT2D eigenvalue weighted by atomic mass is 16.5. The van der Waals surface area contributed by atoms with E-state index >= 15 is 0 Å². The predicted molar refractivity (Wildman–Crippen MR) is 107 cm³/mol. The van der Waals surface area contributed by atoms with Crippen molar-refractivity contribution >= 4 is 11.7 Å². The highest BCUT2D eigenvalue weighted by molar-refractivity contribution is 5.92. The van der Waals surface area contributed by atoms with E-state index in [9.17, 15) is 9.59 Å². The van der Waals surface area contributed by atoms with Gasteiger partial charge in [-0.3, -0.25) is 9.59 Å². The average Bonchev–Trinajstić information content (AvgIpc) is 2.53. The lowest BCUT2D eigenvalue weighted by molar-refractivity contribution is -0.133. The van der Waals surface area contributed by atoms with Crippen LogP contribution in [0.1, 0.15) is 54.9 Å². The van der Waals surface area contributed by atoms with Crippen LogP contribution in [0, 0.1) is 11.8 Å². The number of ether oxygens (including phenoxy) is 3. The maximum absolute atomic E-state index is 12.5. The molecule has 3 N–H and O–H groups in total. The van der Waals surface area contributed by atoms with Crippen molar-refractivity contribution in [3.8, 4) is 0 Å². The van der Waals surface area contributed by atoms with E-state index in [4.69, 9.17) is 19.9 Å². The molecule has 0 aromatic carbocycles. The van der Waals surface area contributed by atoms with Crippen molar-refractivity contribution in [1.82, 2.24) is 5.32 Å². The first-order valence-electron chi connectivity index (χ1n) is 9.83. The summed E-state index contributed by atoms with van der Waals surface area (Å²) in [4.78, 5) is 24.3. The van der Waals surface area contributed by atoms with Crippen molar-refractivity contribution < 1.29 is 23.8 Å². The average molecular weight is 389 g/mol. The summed E-state index contributed by atoms with van der Waals surface area (Å²) in [6.07, 6.45) is 0.305. The molecule has 0 aliphatic rings. The molecule has 3 atom stereocenters. The minimum absolute atomic E-state index is 0.00294. The van der Waals surface area contributed by atoms with E-state index in [1.165, 1.54) is 0 Å². The third-order valence-electron chi connectivity index (χ3n) is 3.96. The molecule has 7 heteroatoms. The first-order valence-corrected chi connectivity index (χ1v) is 9.83. The van der Waals surface area contributed by atoms with Crippen LogP contribution in [-0.4, -0.2) is 62.4 Å². The van der Waals surface area contributed by atoms with Gasteiger partial charge in [0, 0.05) is 25.0 Å². The second-order valence-electron chi connectivity index (χ2n) is 8.27. The van der Waals surface area contributed by atoms with Crippen molar-refractivity contribution in [1.29, 1.82) is 0 Å². The fourth-order valence-electron chi connectivity index (χ4n) is 2.21. The number of carbonyl (C=O) groups is 2. The van der Waals surface area contributed by atoms with E-state index in [1.807, 2.05) is 20.8 Å². The molecule has 0 radical (unpaired) electrons. The molecule has 160 valence electrons. The first kappa shape index (κ1) is 26.0. The number of nitrogens with one attached hydrogen (secondary N) is 1. The SMILES string of the molecule is CC(N)COCCOC(C)COCC(C)CC(=O)C(C)(C)NC(=O)C(C)C. The van der Waals surface area contributed by atoms with Gasteiger partial charge in [-0.1, -0.05) is 20.8 Å². The van der Waals surface area contributed by atoms with Crippen LogP contribution < -0.4 is 11.1 Å². The van der Waals surface area contributed by atoms with Gasteiger partial charge < -0.3 is 25.3 Å². The second-order valence-corrected chi connectivity index (χ2v) is 8.27. The number of nitrogens with two attached hydrogens (primary N) is 1. The number of amides is 1. The van der Waals surface area contributed by atoms with E-state index in [0.29, 0.717) is 39.5 Å². The zero-order chi connectivity index (χ0) is 21.0. The van der Waals surface area contributed by atoms with Crippen LogP contribution in [0.3, 0.4) is 0 Å². The Morgan fingerprint density at radius 1 is 0.963 bits per heavy atom. The molecule has 0 aromatic heterocycles. The molecule has 0 fully saturated rings. The van der Waals surface area contributed by atoms with Gasteiger partial charge in [-0.15, -0.1) is 0 Å². The monoisotopic (exact) mass is 388 g/mol. The largest absolute Gasteiger partial charge is 0.378 e.